The Bertz CT molecular complexity index is 1680. The van der Waals surface area contributed by atoms with E-state index in [9.17, 15) is 4.79 Å². The van der Waals surface area contributed by atoms with Gasteiger partial charge in [-0.15, -0.1) is 11.3 Å². The Morgan fingerprint density at radius 1 is 1.26 bits per heavy atom. The van der Waals surface area contributed by atoms with Crippen molar-refractivity contribution in [3.63, 3.8) is 0 Å². The molecule has 0 spiro atoms. The van der Waals surface area contributed by atoms with Crippen molar-refractivity contribution in [2.24, 2.45) is 24.6 Å². The van der Waals surface area contributed by atoms with Crippen LogP contribution in [0.2, 0.25) is 0 Å². The van der Waals surface area contributed by atoms with Gasteiger partial charge in [-0.25, -0.2) is 23.7 Å². The second-order valence-corrected chi connectivity index (χ2v) is 10.8. The summed E-state index contributed by atoms with van der Waals surface area (Å²) >= 11 is 6.01. The van der Waals surface area contributed by atoms with Crippen LogP contribution in [0.5, 0.6) is 0 Å². The van der Waals surface area contributed by atoms with E-state index in [2.05, 4.69) is 33.3 Å². The van der Waals surface area contributed by atoms with Crippen LogP contribution < -0.4 is 16.3 Å². The summed E-state index contributed by atoms with van der Waals surface area (Å²) in [4.78, 5) is 28.8. The largest absolute Gasteiger partial charge is 0.355 e. The van der Waals surface area contributed by atoms with Gasteiger partial charge in [0, 0.05) is 48.7 Å². The Hall–Kier alpha value is -3.22. The van der Waals surface area contributed by atoms with Crippen LogP contribution in [0.25, 0.3) is 33.5 Å². The molecule has 0 bridgehead atoms. The van der Waals surface area contributed by atoms with E-state index in [1.165, 1.54) is 8.98 Å². The number of nitrogens with zero attached hydrogens (tertiary/aromatic N) is 7. The fourth-order valence-corrected chi connectivity index (χ4v) is 7.25. The fraction of sp³-hybridized carbons (Fsp3) is 0.348. The molecule has 1 aliphatic carbocycles. The minimum absolute atomic E-state index is 0.0111. The van der Waals surface area contributed by atoms with Crippen LogP contribution in [0, 0.1) is 18.8 Å². The van der Waals surface area contributed by atoms with E-state index in [4.69, 9.17) is 20.7 Å². The van der Waals surface area contributed by atoms with Gasteiger partial charge in [0.15, 0.2) is 0 Å². The Labute approximate surface area is 209 Å². The minimum atomic E-state index is -0.188. The molecule has 1 aliphatic heterocycles. The third-order valence-electron chi connectivity index (χ3n) is 7.79. The Morgan fingerprint density at radius 2 is 2.06 bits per heavy atom. The maximum Gasteiger partial charge on any atom is 0.338 e. The Morgan fingerprint density at radius 3 is 2.77 bits per heavy atom. The Balaban J connectivity index is 1.18. The molecule has 4 aromatic heterocycles. The van der Waals surface area contributed by atoms with Crippen molar-refractivity contribution in [3.8, 4) is 11.3 Å². The molecule has 2 aliphatic rings. The van der Waals surface area contributed by atoms with E-state index in [1.807, 2.05) is 31.3 Å². The highest BCUT2D eigenvalue weighted by Gasteiger charge is 2.69. The van der Waals surface area contributed by atoms with Crippen LogP contribution in [0.15, 0.2) is 34.6 Å². The van der Waals surface area contributed by atoms with Crippen molar-refractivity contribution in [1.82, 2.24) is 33.7 Å². The number of nitrogens with two attached hydrogens (primary N) is 1. The average Bonchev–Trinajstić information content (AvgIpc) is 3.42. The van der Waals surface area contributed by atoms with Crippen LogP contribution in [0.4, 0.5) is 5.82 Å². The zero-order valence-electron chi connectivity index (χ0n) is 19.1. The summed E-state index contributed by atoms with van der Waals surface area (Å²) in [6, 6.07) is 5.74. The van der Waals surface area contributed by atoms with E-state index in [1.54, 1.807) is 23.0 Å². The molecule has 7 rings (SSSR count). The number of hydrogen-bond donors (Lipinski definition) is 3. The summed E-state index contributed by atoms with van der Waals surface area (Å²) in [5, 5.41) is 10.8. The van der Waals surface area contributed by atoms with Gasteiger partial charge >= 0.3 is 5.69 Å². The van der Waals surface area contributed by atoms with Gasteiger partial charge in [0.05, 0.1) is 22.9 Å². The van der Waals surface area contributed by atoms with Gasteiger partial charge in [0.25, 0.3) is 0 Å². The second-order valence-electron chi connectivity index (χ2n) is 9.51. The lowest BCUT2D eigenvalue weighted by molar-refractivity contribution is 0.549. The number of aromatic amines is 1. The summed E-state index contributed by atoms with van der Waals surface area (Å²) in [6.45, 7) is 4.45. The number of piperidine rings is 1. The quantitative estimate of drug-likeness (QED) is 0.320. The lowest BCUT2D eigenvalue weighted by Gasteiger charge is -2.25. The van der Waals surface area contributed by atoms with Crippen LogP contribution in [-0.2, 0) is 12.5 Å². The van der Waals surface area contributed by atoms with Crippen LogP contribution in [-0.4, -0.2) is 53.3 Å². The first kappa shape index (κ1) is 21.1. The first-order chi connectivity index (χ1) is 16.9. The van der Waals surface area contributed by atoms with Crippen molar-refractivity contribution in [3.05, 3.63) is 51.0 Å². The second kappa shape index (κ2) is 7.15. The fourth-order valence-electron chi connectivity index (χ4n) is 5.81. The number of fused-ring (bicyclic) bond motifs is 3. The first-order valence-corrected chi connectivity index (χ1v) is 12.7. The topological polar surface area (TPSA) is 124 Å². The van der Waals surface area contributed by atoms with Gasteiger partial charge in [-0.2, -0.15) is 5.10 Å². The SMILES string of the molecule is Cc1csc(C2(CN)[C@@H]3CN(c4cnc5c(-c6ccc7c(c6)n(C)c(=O)n7S)[nH]nc5n4)C[C@@H]32)n1. The zero-order chi connectivity index (χ0) is 24.1. The van der Waals surface area contributed by atoms with E-state index >= 15 is 0 Å². The average molecular weight is 506 g/mol. The van der Waals surface area contributed by atoms with Gasteiger partial charge in [-0.3, -0.25) is 9.67 Å². The maximum atomic E-state index is 12.2. The molecule has 178 valence electrons. The molecule has 0 amide bonds. The minimum Gasteiger partial charge on any atom is -0.355 e. The molecule has 1 saturated carbocycles. The summed E-state index contributed by atoms with van der Waals surface area (Å²) in [7, 11) is 1.73. The molecular formula is C23H23N9OS2. The lowest BCUT2D eigenvalue weighted by atomic mass is 10.0. The van der Waals surface area contributed by atoms with Gasteiger partial charge in [-0.1, -0.05) is 18.9 Å². The van der Waals surface area contributed by atoms with Gasteiger partial charge in [0.1, 0.15) is 16.3 Å². The zero-order valence-corrected chi connectivity index (χ0v) is 20.8. The number of thiol groups is 1. The van der Waals surface area contributed by atoms with Gasteiger partial charge in [-0.05, 0) is 30.9 Å². The molecule has 1 saturated heterocycles. The molecule has 0 radical (unpaired) electrons. The molecule has 10 nitrogen and oxygen atoms in total. The number of rotatable bonds is 4. The normalized spacial score (nSPS) is 23.5. The number of thiazole rings is 1. The van der Waals surface area contributed by atoms with E-state index in [-0.39, 0.29) is 11.1 Å². The standard InChI is InChI=1S/C23H23N9OS2/c1-11-9-35-21(26-11)23(10-24)13-7-31(8-14(13)23)17-6-25-19-18(28-29-20(19)27-17)12-3-4-15-16(5-12)30(2)22(33)32(15)34/h3-6,9,13-14,34H,7-8,10,24H2,1-2H3,(H,27,28,29)/t13-,14+,23?. The van der Waals surface area contributed by atoms with Crippen molar-refractivity contribution >= 4 is 52.2 Å². The molecule has 35 heavy (non-hydrogen) atoms. The third-order valence-corrected chi connectivity index (χ3v) is 9.33. The maximum absolute atomic E-state index is 12.2. The van der Waals surface area contributed by atoms with Crippen molar-refractivity contribution in [2.45, 2.75) is 12.3 Å². The van der Waals surface area contributed by atoms with Crippen molar-refractivity contribution < 1.29 is 0 Å². The van der Waals surface area contributed by atoms with E-state index < -0.39 is 0 Å². The molecule has 1 unspecified atom stereocenters. The number of imidazole rings is 1. The number of anilines is 1. The van der Waals surface area contributed by atoms with Crippen LogP contribution >= 0.6 is 24.2 Å². The van der Waals surface area contributed by atoms with Gasteiger partial charge < -0.3 is 10.6 Å². The number of H-pyrrole nitrogens is 1. The molecule has 3 atom stereocenters. The molecular weight excluding hydrogens is 482 g/mol. The number of benzene rings is 1. The molecule has 2 fully saturated rings. The molecule has 5 heterocycles. The lowest BCUT2D eigenvalue weighted by Crippen LogP contribution is -2.35. The molecule has 5 aromatic rings. The van der Waals surface area contributed by atoms with E-state index in [0.29, 0.717) is 29.5 Å². The summed E-state index contributed by atoms with van der Waals surface area (Å²) in [5.74, 6) is 1.81. The number of aromatic nitrogens is 7. The predicted molar refractivity (Wildman–Crippen MR) is 139 cm³/mol. The first-order valence-electron chi connectivity index (χ1n) is 11.4. The highest BCUT2D eigenvalue weighted by molar-refractivity contribution is 7.78. The van der Waals surface area contributed by atoms with Crippen LogP contribution in [0.3, 0.4) is 0 Å². The monoisotopic (exact) mass is 505 g/mol. The van der Waals surface area contributed by atoms with Crippen LogP contribution in [0.1, 0.15) is 10.7 Å². The smallest absolute Gasteiger partial charge is 0.338 e. The van der Waals surface area contributed by atoms with Crippen molar-refractivity contribution in [1.29, 1.82) is 0 Å². The highest BCUT2D eigenvalue weighted by atomic mass is 32.1. The highest BCUT2D eigenvalue weighted by Crippen LogP contribution is 2.63. The predicted octanol–water partition coefficient (Wildman–Crippen LogP) is 2.09. The molecule has 12 heteroatoms. The number of hydrogen-bond acceptors (Lipinski definition) is 9. The third kappa shape index (κ3) is 2.78. The van der Waals surface area contributed by atoms with Crippen molar-refractivity contribution in [2.75, 3.05) is 24.5 Å². The van der Waals surface area contributed by atoms with Gasteiger partial charge in [0.2, 0.25) is 5.65 Å². The summed E-state index contributed by atoms with van der Waals surface area (Å²) in [5.41, 5.74) is 11.6. The number of nitrogens with one attached hydrogen (secondary N) is 1. The Kier molecular flexibility index (Phi) is 4.31. The molecule has 1 aromatic carbocycles. The summed E-state index contributed by atoms with van der Waals surface area (Å²) in [6.07, 6.45) is 1.82. The number of aryl methyl sites for hydroxylation is 2. The van der Waals surface area contributed by atoms with E-state index in [0.717, 1.165) is 46.9 Å². The summed E-state index contributed by atoms with van der Waals surface area (Å²) < 4.78 is 2.91. The molecule has 3 N–H and O–H groups in total.